The molecule has 0 aliphatic rings. The van der Waals surface area contributed by atoms with Crippen molar-refractivity contribution in [1.82, 2.24) is 19.9 Å². The number of aromatic amines is 1. The molecule has 5 heteroatoms. The van der Waals surface area contributed by atoms with E-state index in [1.54, 1.807) is 0 Å². The quantitative estimate of drug-likeness (QED) is 0.716. The summed E-state index contributed by atoms with van der Waals surface area (Å²) in [6.07, 6.45) is 0.458. The van der Waals surface area contributed by atoms with Crippen LogP contribution >= 0.6 is 0 Å². The molecule has 0 spiro atoms. The van der Waals surface area contributed by atoms with Crippen molar-refractivity contribution in [2.24, 2.45) is 5.92 Å². The average Bonchev–Trinajstić information content (AvgIpc) is 3.14. The molecule has 0 radical (unpaired) electrons. The maximum absolute atomic E-state index is 12.5. The van der Waals surface area contributed by atoms with Crippen molar-refractivity contribution < 1.29 is 4.79 Å². The van der Waals surface area contributed by atoms with Crippen LogP contribution in [0.4, 0.5) is 0 Å². The van der Waals surface area contributed by atoms with Crippen molar-refractivity contribution in [3.8, 4) is 0 Å². The lowest BCUT2D eigenvalue weighted by molar-refractivity contribution is -0.122. The molecule has 0 saturated heterocycles. The molecule has 3 aromatic rings. The van der Waals surface area contributed by atoms with Gasteiger partial charge in [-0.15, -0.1) is 0 Å². The Hall–Kier alpha value is -2.56. The highest BCUT2D eigenvalue weighted by Gasteiger charge is 2.21. The van der Waals surface area contributed by atoms with E-state index in [1.165, 1.54) is 11.4 Å². The highest BCUT2D eigenvalue weighted by Crippen LogP contribution is 2.22. The standard InChI is InChI=1S/C20H26N4O/c1-13(2)19(20-21-16-7-5-6-8-17(16)22-20)23-18(25)11-12-24-14(3)9-10-15(24)4/h5-10,13,19H,11-12H2,1-4H3,(H,21,22)(H,23,25)/t19-/m0/s1. The van der Waals surface area contributed by atoms with E-state index < -0.39 is 0 Å². The Labute approximate surface area is 148 Å². The van der Waals surface area contributed by atoms with Crippen molar-refractivity contribution in [3.63, 3.8) is 0 Å². The number of carbonyl (C=O) groups excluding carboxylic acids is 1. The number of aryl methyl sites for hydroxylation is 2. The maximum Gasteiger partial charge on any atom is 0.222 e. The van der Waals surface area contributed by atoms with Gasteiger partial charge < -0.3 is 14.9 Å². The Morgan fingerprint density at radius 1 is 1.16 bits per heavy atom. The first-order valence-corrected chi connectivity index (χ1v) is 8.82. The lowest BCUT2D eigenvalue weighted by atomic mass is 10.0. The smallest absolute Gasteiger partial charge is 0.222 e. The van der Waals surface area contributed by atoms with Gasteiger partial charge in [-0.25, -0.2) is 4.98 Å². The fraction of sp³-hybridized carbons (Fsp3) is 0.400. The molecule has 2 aromatic heterocycles. The molecule has 132 valence electrons. The Balaban J connectivity index is 1.70. The first kappa shape index (κ1) is 17.3. The van der Waals surface area contributed by atoms with Crippen LogP contribution in [0.3, 0.4) is 0 Å². The lowest BCUT2D eigenvalue weighted by Crippen LogP contribution is -2.33. The number of fused-ring (bicyclic) bond motifs is 1. The number of hydrogen-bond acceptors (Lipinski definition) is 2. The molecular weight excluding hydrogens is 312 g/mol. The zero-order chi connectivity index (χ0) is 18.0. The van der Waals surface area contributed by atoms with Crippen LogP contribution in [0, 0.1) is 19.8 Å². The normalized spacial score (nSPS) is 12.7. The molecule has 0 bridgehead atoms. The number of imidazole rings is 1. The summed E-state index contributed by atoms with van der Waals surface area (Å²) in [5.74, 6) is 1.11. The number of aromatic nitrogens is 3. The predicted octanol–water partition coefficient (Wildman–Crippen LogP) is 3.88. The first-order chi connectivity index (χ1) is 12.0. The number of hydrogen-bond donors (Lipinski definition) is 2. The third-order valence-electron chi connectivity index (χ3n) is 4.67. The summed E-state index contributed by atoms with van der Waals surface area (Å²) in [6.45, 7) is 9.02. The Bertz CT molecular complexity index is 822. The fourth-order valence-corrected chi connectivity index (χ4v) is 3.18. The molecule has 5 nitrogen and oxygen atoms in total. The minimum Gasteiger partial charge on any atom is -0.349 e. The van der Waals surface area contributed by atoms with Crippen LogP contribution in [0.15, 0.2) is 36.4 Å². The number of nitrogens with one attached hydrogen (secondary N) is 2. The number of rotatable bonds is 6. The third-order valence-corrected chi connectivity index (χ3v) is 4.67. The zero-order valence-electron chi connectivity index (χ0n) is 15.3. The molecule has 25 heavy (non-hydrogen) atoms. The molecule has 0 aliphatic carbocycles. The van der Waals surface area contributed by atoms with Gasteiger partial charge >= 0.3 is 0 Å². The SMILES string of the molecule is Cc1ccc(C)n1CCC(=O)N[C@H](c1nc2ccccc2[nH]1)C(C)C. The van der Waals surface area contributed by atoms with Crippen LogP contribution in [-0.4, -0.2) is 20.4 Å². The summed E-state index contributed by atoms with van der Waals surface area (Å²) in [4.78, 5) is 20.5. The molecule has 0 saturated carbocycles. The van der Waals surface area contributed by atoms with E-state index in [1.807, 2.05) is 24.3 Å². The lowest BCUT2D eigenvalue weighted by Gasteiger charge is -2.20. The van der Waals surface area contributed by atoms with Crippen molar-refractivity contribution in [1.29, 1.82) is 0 Å². The maximum atomic E-state index is 12.5. The van der Waals surface area contributed by atoms with Gasteiger partial charge in [-0.1, -0.05) is 26.0 Å². The number of amides is 1. The van der Waals surface area contributed by atoms with Crippen molar-refractivity contribution in [2.45, 2.75) is 46.7 Å². The molecular formula is C20H26N4O. The summed E-state index contributed by atoms with van der Waals surface area (Å²) < 4.78 is 2.17. The second kappa shape index (κ2) is 7.13. The molecule has 0 fully saturated rings. The van der Waals surface area contributed by atoms with E-state index in [2.05, 4.69) is 59.7 Å². The van der Waals surface area contributed by atoms with Gasteiger partial charge in [0.1, 0.15) is 5.82 Å². The second-order valence-corrected chi connectivity index (χ2v) is 6.95. The summed E-state index contributed by atoms with van der Waals surface area (Å²) >= 11 is 0. The van der Waals surface area contributed by atoms with Gasteiger partial charge in [0.25, 0.3) is 0 Å². The highest BCUT2D eigenvalue weighted by atomic mass is 16.1. The van der Waals surface area contributed by atoms with Crippen LogP contribution < -0.4 is 5.32 Å². The Morgan fingerprint density at radius 2 is 1.84 bits per heavy atom. The number of carbonyl (C=O) groups is 1. The first-order valence-electron chi connectivity index (χ1n) is 8.82. The van der Waals surface area contributed by atoms with E-state index in [4.69, 9.17) is 0 Å². The average molecular weight is 338 g/mol. The van der Waals surface area contributed by atoms with Crippen LogP contribution in [0.2, 0.25) is 0 Å². The minimum absolute atomic E-state index is 0.0478. The van der Waals surface area contributed by atoms with E-state index >= 15 is 0 Å². The highest BCUT2D eigenvalue weighted by molar-refractivity contribution is 5.77. The van der Waals surface area contributed by atoms with E-state index in [9.17, 15) is 4.79 Å². The van der Waals surface area contributed by atoms with Gasteiger partial charge in [-0.05, 0) is 44.0 Å². The summed E-state index contributed by atoms with van der Waals surface area (Å²) in [7, 11) is 0. The van der Waals surface area contributed by atoms with E-state index in [0.29, 0.717) is 13.0 Å². The fourth-order valence-electron chi connectivity index (χ4n) is 3.18. The minimum atomic E-state index is -0.119. The van der Waals surface area contributed by atoms with E-state index in [-0.39, 0.29) is 17.9 Å². The summed E-state index contributed by atoms with van der Waals surface area (Å²) in [6, 6.07) is 12.0. The van der Waals surface area contributed by atoms with Gasteiger partial charge in [0.05, 0.1) is 17.1 Å². The molecule has 1 amide bonds. The Kier molecular flexibility index (Phi) is 4.93. The predicted molar refractivity (Wildman–Crippen MR) is 100 cm³/mol. The van der Waals surface area contributed by atoms with Crippen LogP contribution in [0.25, 0.3) is 11.0 Å². The third kappa shape index (κ3) is 3.76. The largest absolute Gasteiger partial charge is 0.349 e. The number of para-hydroxylation sites is 2. The zero-order valence-corrected chi connectivity index (χ0v) is 15.3. The molecule has 0 aliphatic heterocycles. The van der Waals surface area contributed by atoms with Crippen molar-refractivity contribution >= 4 is 16.9 Å². The molecule has 3 rings (SSSR count). The van der Waals surface area contributed by atoms with Crippen molar-refractivity contribution in [3.05, 3.63) is 53.6 Å². The molecule has 2 heterocycles. The number of H-pyrrole nitrogens is 1. The van der Waals surface area contributed by atoms with Crippen LogP contribution in [0.5, 0.6) is 0 Å². The summed E-state index contributed by atoms with van der Waals surface area (Å²) in [5.41, 5.74) is 4.29. The van der Waals surface area contributed by atoms with Crippen LogP contribution in [-0.2, 0) is 11.3 Å². The second-order valence-electron chi connectivity index (χ2n) is 6.95. The molecule has 2 N–H and O–H groups in total. The van der Waals surface area contributed by atoms with Gasteiger partial charge in [0.2, 0.25) is 5.91 Å². The van der Waals surface area contributed by atoms with Crippen molar-refractivity contribution in [2.75, 3.05) is 0 Å². The van der Waals surface area contributed by atoms with E-state index in [0.717, 1.165) is 16.9 Å². The van der Waals surface area contributed by atoms with Gasteiger partial charge in [-0.2, -0.15) is 0 Å². The molecule has 1 aromatic carbocycles. The summed E-state index contributed by atoms with van der Waals surface area (Å²) in [5, 5.41) is 3.15. The molecule has 0 unspecified atom stereocenters. The molecule has 1 atom stereocenters. The number of benzene rings is 1. The Morgan fingerprint density at radius 3 is 2.48 bits per heavy atom. The number of nitrogens with zero attached hydrogens (tertiary/aromatic N) is 2. The van der Waals surface area contributed by atoms with Gasteiger partial charge in [0.15, 0.2) is 0 Å². The monoisotopic (exact) mass is 338 g/mol. The van der Waals surface area contributed by atoms with Gasteiger partial charge in [-0.3, -0.25) is 4.79 Å². The topological polar surface area (TPSA) is 62.7 Å². The van der Waals surface area contributed by atoms with Crippen LogP contribution in [0.1, 0.15) is 43.5 Å². The van der Waals surface area contributed by atoms with Gasteiger partial charge in [0, 0.05) is 24.4 Å².